The van der Waals surface area contributed by atoms with Crippen LogP contribution >= 0.6 is 11.8 Å². The molecule has 8 nitrogen and oxygen atoms in total. The highest BCUT2D eigenvalue weighted by molar-refractivity contribution is 7.99. The topological polar surface area (TPSA) is 116 Å². The summed E-state index contributed by atoms with van der Waals surface area (Å²) in [5.74, 6) is 0.942. The number of imidazole rings is 1. The van der Waals surface area contributed by atoms with Gasteiger partial charge in [-0.25, -0.2) is 9.97 Å². The smallest absolute Gasteiger partial charge is 0.256 e. The summed E-state index contributed by atoms with van der Waals surface area (Å²) in [5.41, 5.74) is 3.47. The van der Waals surface area contributed by atoms with Gasteiger partial charge in [0.15, 0.2) is 11.0 Å². The maximum Gasteiger partial charge on any atom is 0.256 e. The van der Waals surface area contributed by atoms with Crippen LogP contribution in [-0.2, 0) is 0 Å². The summed E-state index contributed by atoms with van der Waals surface area (Å²) in [5, 5.41) is 28.8. The third-order valence-electron chi connectivity index (χ3n) is 4.03. The average Bonchev–Trinajstić information content (AvgIpc) is 3.24. The van der Waals surface area contributed by atoms with Crippen LogP contribution in [0.3, 0.4) is 0 Å². The zero-order valence-corrected chi connectivity index (χ0v) is 15.4. The molecule has 3 heterocycles. The van der Waals surface area contributed by atoms with Crippen LogP contribution in [0, 0.1) is 25.2 Å². The number of H-pyrrole nitrogens is 1. The van der Waals surface area contributed by atoms with E-state index in [9.17, 15) is 10.4 Å². The number of para-hydroxylation sites is 2. The van der Waals surface area contributed by atoms with Gasteiger partial charge >= 0.3 is 0 Å². The number of thioether (sulfide) groups is 1. The van der Waals surface area contributed by atoms with Crippen molar-refractivity contribution in [1.29, 1.82) is 5.26 Å². The van der Waals surface area contributed by atoms with E-state index < -0.39 is 0 Å². The Morgan fingerprint density at radius 3 is 2.85 bits per heavy atom. The monoisotopic (exact) mass is 377 g/mol. The lowest BCUT2D eigenvalue weighted by Gasteiger charge is -2.04. The lowest BCUT2D eigenvalue weighted by molar-refractivity contribution is 0.420. The molecule has 4 aromatic rings. The highest BCUT2D eigenvalue weighted by Gasteiger charge is 2.16. The molecule has 9 heteroatoms. The first kappa shape index (κ1) is 17.1. The van der Waals surface area contributed by atoms with Crippen molar-refractivity contribution in [2.45, 2.75) is 19.0 Å². The van der Waals surface area contributed by atoms with Crippen LogP contribution in [-0.4, -0.2) is 40.4 Å². The molecule has 1 aromatic carbocycles. The number of nitrogens with one attached hydrogen (secondary N) is 1. The maximum absolute atomic E-state index is 10.5. The molecule has 2 N–H and O–H groups in total. The molecular formula is C18H15N7OS. The number of fused-ring (bicyclic) bond motifs is 2. The van der Waals surface area contributed by atoms with E-state index in [2.05, 4.69) is 25.1 Å². The van der Waals surface area contributed by atoms with Gasteiger partial charge in [0.05, 0.1) is 16.8 Å². The molecule has 134 valence electrons. The molecule has 0 radical (unpaired) electrons. The highest BCUT2D eigenvalue weighted by Crippen LogP contribution is 2.24. The van der Waals surface area contributed by atoms with Crippen molar-refractivity contribution in [3.05, 3.63) is 53.3 Å². The molecule has 0 aliphatic heterocycles. The van der Waals surface area contributed by atoms with E-state index in [1.54, 1.807) is 0 Å². The van der Waals surface area contributed by atoms with Crippen molar-refractivity contribution in [3.63, 3.8) is 0 Å². The Balaban J connectivity index is 1.64. The molecule has 0 fully saturated rings. The number of nitrogens with zero attached hydrogens (tertiary/aromatic N) is 6. The first-order valence-corrected chi connectivity index (χ1v) is 9.15. The molecule has 0 spiro atoms. The molecule has 0 unspecified atom stereocenters. The number of aromatic amines is 1. The minimum absolute atomic E-state index is 0.0731. The Morgan fingerprint density at radius 1 is 1.26 bits per heavy atom. The van der Waals surface area contributed by atoms with E-state index in [-0.39, 0.29) is 17.1 Å². The van der Waals surface area contributed by atoms with Gasteiger partial charge in [-0.1, -0.05) is 23.9 Å². The van der Waals surface area contributed by atoms with E-state index in [0.29, 0.717) is 16.8 Å². The fourth-order valence-corrected chi connectivity index (χ4v) is 3.69. The molecular weight excluding hydrogens is 362 g/mol. The quantitative estimate of drug-likeness (QED) is 0.319. The molecule has 27 heavy (non-hydrogen) atoms. The highest BCUT2D eigenvalue weighted by atomic mass is 32.2. The predicted molar refractivity (Wildman–Crippen MR) is 102 cm³/mol. The lowest BCUT2D eigenvalue weighted by atomic mass is 10.2. The van der Waals surface area contributed by atoms with Gasteiger partial charge in [-0.2, -0.15) is 5.26 Å². The van der Waals surface area contributed by atoms with Crippen LogP contribution in [0.4, 0.5) is 0 Å². The number of aromatic nitrogens is 6. The first-order valence-electron chi connectivity index (χ1n) is 8.16. The summed E-state index contributed by atoms with van der Waals surface area (Å²) in [7, 11) is 0. The van der Waals surface area contributed by atoms with Gasteiger partial charge in [0.25, 0.3) is 5.78 Å². The van der Waals surface area contributed by atoms with Crippen LogP contribution in [0.15, 0.2) is 41.2 Å². The van der Waals surface area contributed by atoms with Crippen molar-refractivity contribution >= 4 is 34.1 Å². The number of hydrogen-bond acceptors (Lipinski definition) is 7. The largest absolute Gasteiger partial charge is 0.510 e. The molecule has 4 rings (SSSR count). The van der Waals surface area contributed by atoms with E-state index >= 15 is 0 Å². The SMILES string of the molecule is Cc1cc(C)n2c(SC/C(O)=C(\C#N)c3nc4ccccc4[nH]3)nnc2n1. The summed E-state index contributed by atoms with van der Waals surface area (Å²) >= 11 is 1.28. The van der Waals surface area contributed by atoms with Gasteiger partial charge in [-0.3, -0.25) is 4.40 Å². The fraction of sp³-hybridized carbons (Fsp3) is 0.167. The van der Waals surface area contributed by atoms with Gasteiger partial charge in [0.1, 0.15) is 17.4 Å². The second-order valence-electron chi connectivity index (χ2n) is 5.98. The number of nitriles is 1. The molecule has 3 aromatic heterocycles. The van der Waals surface area contributed by atoms with Gasteiger partial charge < -0.3 is 10.1 Å². The summed E-state index contributed by atoms with van der Waals surface area (Å²) in [6, 6.07) is 11.4. The van der Waals surface area contributed by atoms with Crippen molar-refractivity contribution in [3.8, 4) is 6.07 Å². The number of hydrogen-bond donors (Lipinski definition) is 2. The third-order valence-corrected chi connectivity index (χ3v) is 4.97. The van der Waals surface area contributed by atoms with Crippen molar-refractivity contribution in [2.75, 3.05) is 5.75 Å². The summed E-state index contributed by atoms with van der Waals surface area (Å²) in [4.78, 5) is 11.8. The zero-order chi connectivity index (χ0) is 19.0. The van der Waals surface area contributed by atoms with Crippen LogP contribution in [0.2, 0.25) is 0 Å². The number of benzene rings is 1. The maximum atomic E-state index is 10.5. The van der Waals surface area contributed by atoms with Crippen molar-refractivity contribution in [1.82, 2.24) is 29.5 Å². The lowest BCUT2D eigenvalue weighted by Crippen LogP contribution is -1.99. The Kier molecular flexibility index (Phi) is 4.25. The van der Waals surface area contributed by atoms with Crippen molar-refractivity contribution in [2.24, 2.45) is 0 Å². The van der Waals surface area contributed by atoms with Crippen molar-refractivity contribution < 1.29 is 5.11 Å². The predicted octanol–water partition coefficient (Wildman–Crippen LogP) is 3.20. The molecule has 0 saturated carbocycles. The van der Waals surface area contributed by atoms with E-state index in [0.717, 1.165) is 22.4 Å². The number of aliphatic hydroxyl groups is 1. The Hall–Kier alpha value is -3.38. The minimum Gasteiger partial charge on any atom is -0.510 e. The van der Waals surface area contributed by atoms with Gasteiger partial charge in [0, 0.05) is 11.4 Å². The average molecular weight is 377 g/mol. The number of rotatable bonds is 4. The van der Waals surface area contributed by atoms with Gasteiger partial charge in [-0.05, 0) is 32.0 Å². The standard InChI is InChI=1S/C18H15N7OS/c1-10-7-11(2)25-17(20-10)23-24-18(25)27-9-15(26)12(8-19)16-21-13-5-3-4-6-14(13)22-16/h3-7,26H,9H2,1-2H3,(H,21,22)/b15-12-. The fourth-order valence-electron chi connectivity index (χ4n) is 2.82. The molecule has 0 saturated heterocycles. The summed E-state index contributed by atoms with van der Waals surface area (Å²) in [6.45, 7) is 3.84. The molecule has 0 aliphatic carbocycles. The number of aliphatic hydroxyl groups excluding tert-OH is 1. The molecule has 0 aliphatic rings. The van der Waals surface area contributed by atoms with Crippen LogP contribution < -0.4 is 0 Å². The molecule has 0 bridgehead atoms. The molecule has 0 atom stereocenters. The Morgan fingerprint density at radius 2 is 2.07 bits per heavy atom. The van der Waals surface area contributed by atoms with Crippen LogP contribution in [0.1, 0.15) is 17.2 Å². The van der Waals surface area contributed by atoms with Crippen LogP contribution in [0.25, 0.3) is 22.4 Å². The summed E-state index contributed by atoms with van der Waals surface area (Å²) < 4.78 is 1.82. The van der Waals surface area contributed by atoms with Crippen LogP contribution in [0.5, 0.6) is 0 Å². The zero-order valence-electron chi connectivity index (χ0n) is 14.6. The Labute approximate surface area is 158 Å². The number of aryl methyl sites for hydroxylation is 2. The Bertz CT molecular complexity index is 1200. The molecule has 0 amide bonds. The first-order chi connectivity index (χ1) is 13.1. The third kappa shape index (κ3) is 3.11. The van der Waals surface area contributed by atoms with E-state index in [1.165, 1.54) is 11.8 Å². The number of allylic oxidation sites excluding steroid dienone is 1. The second-order valence-corrected chi connectivity index (χ2v) is 6.92. The second kappa shape index (κ2) is 6.74. The normalized spacial score (nSPS) is 12.3. The van der Waals surface area contributed by atoms with Gasteiger partial charge in [-0.15, -0.1) is 10.2 Å². The summed E-state index contributed by atoms with van der Waals surface area (Å²) in [6.07, 6.45) is 0. The minimum atomic E-state index is -0.0731. The van der Waals surface area contributed by atoms with E-state index in [4.69, 9.17) is 0 Å². The van der Waals surface area contributed by atoms with E-state index in [1.807, 2.05) is 54.6 Å². The van der Waals surface area contributed by atoms with Gasteiger partial charge in [0.2, 0.25) is 0 Å².